The monoisotopic (exact) mass is 688 g/mol. The number of unbranched alkanes of at least 4 members (excludes halogenated alkanes) is 3. The normalized spacial score (nSPS) is 13.9. The first-order chi connectivity index (χ1) is 20.5. The highest BCUT2D eigenvalue weighted by Crippen LogP contribution is 2.50. The molecule has 0 saturated carbocycles. The molecule has 1 heterocycles. The highest BCUT2D eigenvalue weighted by Gasteiger charge is 2.31. The summed E-state index contributed by atoms with van der Waals surface area (Å²) in [5.74, 6) is 0. The molecule has 1 N–H and O–H groups in total. The molecule has 0 amide bonds. The summed E-state index contributed by atoms with van der Waals surface area (Å²) in [6, 6.07) is 14.5. The lowest BCUT2D eigenvalue weighted by molar-refractivity contribution is -0.890. The first-order valence-electron chi connectivity index (χ1n) is 17.6. The van der Waals surface area contributed by atoms with E-state index in [9.17, 15) is 5.11 Å². The summed E-state index contributed by atoms with van der Waals surface area (Å²) in [5.41, 5.74) is 8.43. The molecule has 6 heteroatoms. The Morgan fingerprint density at radius 1 is 0.556 bits per heavy atom. The van der Waals surface area contributed by atoms with Crippen LogP contribution in [-0.2, 0) is 10.8 Å². The fraction of sp³-hybridized carbons (Fsp3) is 0.692. The molecule has 3 rings (SSSR count). The molecular formula is C39H69BrN4O+2. The van der Waals surface area contributed by atoms with E-state index >= 15 is 0 Å². The van der Waals surface area contributed by atoms with E-state index < -0.39 is 0 Å². The molecule has 0 fully saturated rings. The van der Waals surface area contributed by atoms with Crippen LogP contribution in [0.4, 0.5) is 22.7 Å². The third kappa shape index (κ3) is 11.3. The molecule has 1 aliphatic rings. The minimum absolute atomic E-state index is 0. The first-order valence-corrected chi connectivity index (χ1v) is 17.6. The molecule has 0 spiro atoms. The SMILES string of the molecule is Br.CCCC[N+](C)(C)CCCCN1c2cc(C(C)(C)C)ccc2N(CCCC[N+](C)(C)CCCO)c2cc(C(C)(C)C)ccc21. The van der Waals surface area contributed by atoms with Crippen LogP contribution < -0.4 is 9.80 Å². The minimum Gasteiger partial charge on any atom is -0.396 e. The Balaban J connectivity index is 0.00000705. The standard InChI is InChI=1S/C39H68N4O.BrH/c1-12-13-25-42(8,9)26-16-14-23-40-34-21-19-33(39(5,6)7)31-37(34)41(24-15-17-27-43(10,11)28-18-29-44)35-22-20-32(30-36(35)40)38(2,3)4;/h19-22,30-31,44H,12-18,23-29H2,1-11H3;1H/q+2;. The van der Waals surface area contributed by atoms with E-state index in [-0.39, 0.29) is 34.4 Å². The number of fused-ring (bicyclic) bond motifs is 2. The lowest BCUT2D eigenvalue weighted by atomic mass is 9.85. The van der Waals surface area contributed by atoms with Gasteiger partial charge in [-0.25, -0.2) is 0 Å². The van der Waals surface area contributed by atoms with Gasteiger partial charge in [0.2, 0.25) is 0 Å². The maximum Gasteiger partial charge on any atom is 0.0804 e. The Morgan fingerprint density at radius 3 is 1.29 bits per heavy atom. The van der Waals surface area contributed by atoms with E-state index in [2.05, 4.69) is 123 Å². The van der Waals surface area contributed by atoms with Crippen molar-refractivity contribution in [1.29, 1.82) is 0 Å². The van der Waals surface area contributed by atoms with Gasteiger partial charge in [0.25, 0.3) is 0 Å². The zero-order valence-corrected chi connectivity index (χ0v) is 32.7. The highest BCUT2D eigenvalue weighted by molar-refractivity contribution is 8.93. The van der Waals surface area contributed by atoms with Gasteiger partial charge in [-0.2, -0.15) is 0 Å². The molecule has 1 aliphatic heterocycles. The lowest BCUT2D eigenvalue weighted by Gasteiger charge is -2.42. The molecule has 2 aromatic rings. The Labute approximate surface area is 288 Å². The zero-order chi connectivity index (χ0) is 32.8. The molecule has 0 unspecified atom stereocenters. The molecule has 0 aromatic heterocycles. The van der Waals surface area contributed by atoms with E-state index in [0.717, 1.165) is 48.0 Å². The van der Waals surface area contributed by atoms with Gasteiger partial charge in [-0.3, -0.25) is 0 Å². The molecule has 0 atom stereocenters. The van der Waals surface area contributed by atoms with E-state index in [1.807, 2.05) is 0 Å². The van der Waals surface area contributed by atoms with Crippen molar-refractivity contribution in [2.24, 2.45) is 0 Å². The van der Waals surface area contributed by atoms with Crippen LogP contribution in [0, 0.1) is 0 Å². The van der Waals surface area contributed by atoms with E-state index in [1.165, 1.54) is 79.1 Å². The Bertz CT molecular complexity index is 1100. The van der Waals surface area contributed by atoms with Crippen LogP contribution in [0.25, 0.3) is 0 Å². The average molecular weight is 690 g/mol. The van der Waals surface area contributed by atoms with Crippen molar-refractivity contribution in [3.8, 4) is 0 Å². The maximum atomic E-state index is 9.34. The predicted molar refractivity (Wildman–Crippen MR) is 203 cm³/mol. The predicted octanol–water partition coefficient (Wildman–Crippen LogP) is 9.34. The number of aliphatic hydroxyl groups is 1. The van der Waals surface area contributed by atoms with Crippen molar-refractivity contribution < 1.29 is 14.1 Å². The minimum atomic E-state index is 0. The number of rotatable bonds is 16. The molecule has 256 valence electrons. The number of anilines is 4. The number of aliphatic hydroxyl groups excluding tert-OH is 1. The third-order valence-electron chi connectivity index (χ3n) is 9.67. The van der Waals surface area contributed by atoms with E-state index in [4.69, 9.17) is 0 Å². The Hall–Kier alpha value is -1.60. The van der Waals surface area contributed by atoms with Gasteiger partial charge in [0, 0.05) is 26.1 Å². The fourth-order valence-corrected chi connectivity index (χ4v) is 6.54. The molecule has 0 radical (unpaired) electrons. The summed E-state index contributed by atoms with van der Waals surface area (Å²) in [6.07, 6.45) is 8.20. The van der Waals surface area contributed by atoms with Gasteiger partial charge < -0.3 is 23.9 Å². The van der Waals surface area contributed by atoms with Crippen LogP contribution in [0.1, 0.15) is 105 Å². The maximum absolute atomic E-state index is 9.34. The van der Waals surface area contributed by atoms with Crippen LogP contribution in [0.5, 0.6) is 0 Å². The molecule has 2 aromatic carbocycles. The number of halogens is 1. The van der Waals surface area contributed by atoms with E-state index in [0.29, 0.717) is 0 Å². The summed E-state index contributed by atoms with van der Waals surface area (Å²) in [7, 11) is 9.39. The quantitative estimate of drug-likeness (QED) is 0.141. The number of hydrogen-bond acceptors (Lipinski definition) is 3. The number of hydrogen-bond donors (Lipinski definition) is 1. The molecular weight excluding hydrogens is 620 g/mol. The Morgan fingerprint density at radius 2 is 0.933 bits per heavy atom. The molecule has 5 nitrogen and oxygen atoms in total. The summed E-state index contributed by atoms with van der Waals surface area (Å²) < 4.78 is 2.09. The van der Waals surface area contributed by atoms with Crippen LogP contribution in [0.15, 0.2) is 36.4 Å². The fourth-order valence-electron chi connectivity index (χ4n) is 6.54. The number of nitrogens with zero attached hydrogens (tertiary/aromatic N) is 4. The first kappa shape index (κ1) is 39.6. The number of benzene rings is 2. The van der Waals surface area contributed by atoms with Gasteiger partial charge >= 0.3 is 0 Å². The summed E-state index contributed by atoms with van der Waals surface area (Å²) in [4.78, 5) is 5.27. The molecule has 45 heavy (non-hydrogen) atoms. The lowest BCUT2D eigenvalue weighted by Crippen LogP contribution is -2.42. The van der Waals surface area contributed by atoms with Crippen molar-refractivity contribution >= 4 is 39.7 Å². The second-order valence-electron chi connectivity index (χ2n) is 16.8. The topological polar surface area (TPSA) is 26.7 Å². The second kappa shape index (κ2) is 16.5. The molecule has 0 bridgehead atoms. The summed E-state index contributed by atoms with van der Waals surface area (Å²) in [6.45, 7) is 23.3. The van der Waals surface area contributed by atoms with Gasteiger partial charge in [0.1, 0.15) is 0 Å². The molecule has 0 aliphatic carbocycles. The zero-order valence-electron chi connectivity index (χ0n) is 31.0. The van der Waals surface area contributed by atoms with Gasteiger partial charge in [-0.05, 0) is 78.3 Å². The van der Waals surface area contributed by atoms with Crippen molar-refractivity contribution in [3.63, 3.8) is 0 Å². The van der Waals surface area contributed by atoms with Gasteiger partial charge in [0.05, 0.1) is 77.1 Å². The van der Waals surface area contributed by atoms with Crippen molar-refractivity contribution in [3.05, 3.63) is 47.5 Å². The smallest absolute Gasteiger partial charge is 0.0804 e. The van der Waals surface area contributed by atoms with Gasteiger partial charge in [-0.1, -0.05) is 67.0 Å². The third-order valence-corrected chi connectivity index (χ3v) is 9.67. The average Bonchev–Trinajstić information content (AvgIpc) is 2.94. The largest absolute Gasteiger partial charge is 0.396 e. The van der Waals surface area contributed by atoms with E-state index in [1.54, 1.807) is 0 Å². The van der Waals surface area contributed by atoms with Crippen molar-refractivity contribution in [1.82, 2.24) is 0 Å². The van der Waals surface area contributed by atoms with Crippen LogP contribution in [0.2, 0.25) is 0 Å². The van der Waals surface area contributed by atoms with Crippen molar-refractivity contribution in [2.75, 3.05) is 83.9 Å². The second-order valence-corrected chi connectivity index (χ2v) is 16.8. The summed E-state index contributed by atoms with van der Waals surface area (Å²) in [5, 5.41) is 9.34. The van der Waals surface area contributed by atoms with Crippen LogP contribution in [0.3, 0.4) is 0 Å². The van der Waals surface area contributed by atoms with Crippen LogP contribution in [-0.4, -0.2) is 88.1 Å². The van der Waals surface area contributed by atoms with Crippen molar-refractivity contribution in [2.45, 2.75) is 104 Å². The molecule has 0 saturated heterocycles. The van der Waals surface area contributed by atoms with Crippen LogP contribution >= 0.6 is 17.0 Å². The van der Waals surface area contributed by atoms with Gasteiger partial charge in [-0.15, -0.1) is 17.0 Å². The highest BCUT2D eigenvalue weighted by atomic mass is 79.9. The summed E-state index contributed by atoms with van der Waals surface area (Å²) >= 11 is 0. The number of quaternary nitrogens is 2. The Kier molecular flexibility index (Phi) is 14.5. The van der Waals surface area contributed by atoms with Gasteiger partial charge in [0.15, 0.2) is 0 Å².